The molecule has 7 heterocycles. The van der Waals surface area contributed by atoms with E-state index in [0.717, 1.165) is 33.0 Å². The van der Waals surface area contributed by atoms with Gasteiger partial charge < -0.3 is 74.8 Å². The number of Topliss-reactive ketones (excluding diaryl/α,β-unsaturated/α-hetero) is 1. The van der Waals surface area contributed by atoms with Gasteiger partial charge in [-0.15, -0.1) is 23.5 Å². The number of fused-ring (bicyclic) bond motifs is 6. The van der Waals surface area contributed by atoms with Crippen LogP contribution >= 0.6 is 23.5 Å². The fraction of sp³-hybridized carbons (Fsp3) is 0.375. The summed E-state index contributed by atoms with van der Waals surface area (Å²) < 4.78 is 16.7. The van der Waals surface area contributed by atoms with E-state index in [1.807, 2.05) is 155 Å². The molecule has 0 saturated carbocycles. The largest absolute Gasteiger partial charge is 0.478 e. The molecule has 670 valence electrons. The number of likely N-dealkylation sites (tertiary alicyclic amines) is 1. The lowest BCUT2D eigenvalue weighted by atomic mass is 9.79. The predicted molar refractivity (Wildman–Crippen MR) is 489 cm³/mol. The highest BCUT2D eigenvalue weighted by Gasteiger charge is 2.61. The molecule has 0 bridgehead atoms. The zero-order valence-corrected chi connectivity index (χ0v) is 75.4. The summed E-state index contributed by atoms with van der Waals surface area (Å²) in [5.74, 6) is -7.59. The van der Waals surface area contributed by atoms with Crippen LogP contribution in [0.2, 0.25) is 0 Å². The molecule has 0 radical (unpaired) electrons. The number of nitrogens with one attached hydrogen (secondary N) is 3. The molecule has 9 aliphatic rings. The van der Waals surface area contributed by atoms with Crippen molar-refractivity contribution in [3.8, 4) is 44.9 Å². The Balaban J connectivity index is 0.000000219. The SMILES string of the molecule is CC1=C(C(=O)O)N2C(=O)[C@@H](CC(=O)[C@H](NC(=O)CCCCCNC(=O)c3ccc(-c4c5ccc(=[N+](C)C)cc-5oc5cc(N(C)C)ccc45)c(C(=O)O)c3)c3ccccc3)[C@H]2SC1.C[C@@H](O)[C@H]1C(=O)N2C(C(=O)O)=C(S[C@H]3C[C@@H](C(=O)N(C)C)N(C(=O)CCCCCNC(=O)c4ccc(C(=O)O)c(-c5c6ccc(=[N+](C)C)cc-6oc6cc(N(C)C)ccc56)c4)C3)[C@H](C)[C@H]12. The number of rotatable bonds is 31. The molecule has 14 rings (SSSR count). The molecule has 7 amide bonds. The molecule has 5 aromatic rings. The fourth-order valence-electron chi connectivity index (χ4n) is 17.5. The van der Waals surface area contributed by atoms with E-state index in [9.17, 15) is 83.1 Å². The van der Waals surface area contributed by atoms with Crippen molar-refractivity contribution in [2.75, 3.05) is 106 Å². The monoisotopic (exact) mass is 1780 g/mol. The van der Waals surface area contributed by atoms with Crippen LogP contribution < -0.4 is 45.6 Å². The quantitative estimate of drug-likeness (QED) is 0.00866. The number of hydrogen-bond acceptors (Lipinski definition) is 19. The van der Waals surface area contributed by atoms with Crippen LogP contribution in [0.4, 0.5) is 11.4 Å². The maximum absolute atomic E-state index is 13.7. The standard InChI is InChI=1S/C48H56N6O10S.C48H49N5O9S/c1-25-41-39(26(2)55)46(59)54(41)42(48(62)63)43(25)65-30-23-35(45(58)52(7)8)53(24-30)38(56)12-10-9-11-19-49-44(57)27-13-16-31(47(60)61)34(20-27)40-32-17-14-28(50(3)4)21-36(32)64-37-22-29(51(5)6)15-18-33(37)40;1-27-26-63-46-36(45(57)53(46)43(27)48(60)61)25-37(54)42(28-12-8-6-9-13-28)50-40(55)14-10-7-11-21-49-44(56)29-15-18-32(35(22-29)47(58)59)41-33-19-16-30(51(2)3)23-38(33)62-39-24-31(52(4)5)17-20-34(39)41/h13-18,20-22,25-26,30,35,39,41,55H,9-12,19,23-24H2,1-8H3,(H2-,49,57,60,61,62,63);6,8-9,12-13,15-20,22-24,36,42,46H,7,10-11,14,21,25-26H2,1-5H3,(H3-,49,50,55,56,58,59,60,61)/p+2/t25-,26-,30+,35+,39-,41-;36-,42-,46-/m11/s1. The van der Waals surface area contributed by atoms with Crippen molar-refractivity contribution >= 4 is 128 Å². The number of hydrogen-bond donors (Lipinski definition) is 8. The predicted octanol–water partition coefficient (Wildman–Crippen LogP) is 10.2. The van der Waals surface area contributed by atoms with Gasteiger partial charge in [-0.3, -0.25) is 43.3 Å². The Morgan fingerprint density at radius 1 is 0.586 bits per heavy atom. The molecule has 0 unspecified atom stereocenters. The van der Waals surface area contributed by atoms with Crippen molar-refractivity contribution < 1.29 is 91.9 Å². The van der Waals surface area contributed by atoms with Gasteiger partial charge in [-0.2, -0.15) is 0 Å². The number of β-lactam (4-membered cyclic amide) rings is 2. The topological polar surface area (TPSA) is 394 Å². The Kier molecular flexibility index (Phi) is 28.3. The zero-order chi connectivity index (χ0) is 92.3. The third-order valence-corrected chi connectivity index (χ3v) is 27.3. The number of benzene rings is 7. The number of likely N-dealkylation sites (N-methyl/N-ethyl adjacent to an activating group) is 1. The van der Waals surface area contributed by atoms with Gasteiger partial charge >= 0.3 is 23.9 Å². The van der Waals surface area contributed by atoms with E-state index in [1.165, 1.54) is 63.3 Å². The van der Waals surface area contributed by atoms with E-state index in [4.69, 9.17) is 8.83 Å². The van der Waals surface area contributed by atoms with Gasteiger partial charge in [0, 0.05) is 183 Å². The van der Waals surface area contributed by atoms with Gasteiger partial charge in [-0.05, 0) is 135 Å². The molecule has 0 aromatic heterocycles. The molecule has 9 atom stereocenters. The number of ketones is 1. The number of carboxylic acid groups (broad SMARTS) is 4. The number of anilines is 2. The van der Waals surface area contributed by atoms with Crippen LogP contribution in [0.15, 0.2) is 170 Å². The lowest BCUT2D eigenvalue weighted by Crippen LogP contribution is -2.63. The van der Waals surface area contributed by atoms with Crippen LogP contribution in [0.25, 0.3) is 66.8 Å². The highest BCUT2D eigenvalue weighted by Crippen LogP contribution is 2.53. The fourth-order valence-corrected chi connectivity index (χ4v) is 20.4. The Morgan fingerprint density at radius 2 is 1.12 bits per heavy atom. The lowest BCUT2D eigenvalue weighted by molar-refractivity contribution is -0.163. The van der Waals surface area contributed by atoms with Gasteiger partial charge in [-0.25, -0.2) is 28.3 Å². The van der Waals surface area contributed by atoms with Crippen molar-refractivity contribution in [2.45, 2.75) is 120 Å². The molecule has 128 heavy (non-hydrogen) atoms. The van der Waals surface area contributed by atoms with Crippen molar-refractivity contribution in [1.29, 1.82) is 0 Å². The first-order valence-corrected chi connectivity index (χ1v) is 44.5. The summed E-state index contributed by atoms with van der Waals surface area (Å²) in [7, 11) is 18.7. The molecular weight excluding hydrogens is 1680 g/mol. The molecule has 8 N–H and O–H groups in total. The van der Waals surface area contributed by atoms with E-state index < -0.39 is 83.0 Å². The number of unbranched alkanes of at least 4 members (excludes halogenated alkanes) is 4. The molecule has 2 aliphatic carbocycles. The maximum atomic E-state index is 13.7. The molecule has 30 nitrogen and oxygen atoms in total. The lowest BCUT2D eigenvalue weighted by Gasteiger charge is -2.49. The number of nitrogens with zero attached hydrogens (tertiary/aromatic N) is 8. The third-order valence-electron chi connectivity index (χ3n) is 24.3. The number of thioether (sulfide) groups is 2. The minimum atomic E-state index is -1.23. The van der Waals surface area contributed by atoms with Crippen LogP contribution in [-0.2, 0) is 38.4 Å². The Bertz CT molecular complexity index is 6120. The van der Waals surface area contributed by atoms with Gasteiger partial charge in [-0.1, -0.05) is 56.2 Å². The van der Waals surface area contributed by atoms with E-state index in [0.29, 0.717) is 129 Å². The van der Waals surface area contributed by atoms with Gasteiger partial charge in [0.2, 0.25) is 40.3 Å². The van der Waals surface area contributed by atoms with Crippen molar-refractivity contribution in [2.24, 2.45) is 17.8 Å². The second-order valence-electron chi connectivity index (χ2n) is 34.1. The first-order chi connectivity index (χ1) is 60.9. The molecule has 3 fully saturated rings. The summed E-state index contributed by atoms with van der Waals surface area (Å²) in [5, 5.41) is 62.0. The zero-order valence-electron chi connectivity index (χ0n) is 73.7. The Labute approximate surface area is 748 Å². The van der Waals surface area contributed by atoms with E-state index in [2.05, 4.69) is 16.0 Å². The van der Waals surface area contributed by atoms with Crippen LogP contribution in [0.5, 0.6) is 0 Å². The van der Waals surface area contributed by atoms with Crippen LogP contribution in [0.3, 0.4) is 0 Å². The molecule has 7 aliphatic heterocycles. The summed E-state index contributed by atoms with van der Waals surface area (Å²) in [6, 6.07) is 38.9. The third kappa shape index (κ3) is 19.2. The highest BCUT2D eigenvalue weighted by atomic mass is 32.2. The minimum Gasteiger partial charge on any atom is -0.478 e. The van der Waals surface area contributed by atoms with Crippen LogP contribution in [-0.4, -0.2) is 241 Å². The van der Waals surface area contributed by atoms with Crippen molar-refractivity contribution in [1.82, 2.24) is 44.7 Å². The molecular formula is C96H107N11O19S2+2. The van der Waals surface area contributed by atoms with Gasteiger partial charge in [0.05, 0.1) is 52.6 Å². The van der Waals surface area contributed by atoms with E-state index in [1.54, 1.807) is 74.4 Å². The number of carboxylic acids is 4. The maximum Gasteiger partial charge on any atom is 0.353 e. The van der Waals surface area contributed by atoms with Crippen LogP contribution in [0.1, 0.15) is 138 Å². The highest BCUT2D eigenvalue weighted by molar-refractivity contribution is 8.03. The van der Waals surface area contributed by atoms with Gasteiger partial charge in [0.1, 0.15) is 74.4 Å². The Morgan fingerprint density at radius 3 is 1.66 bits per heavy atom. The molecule has 0 spiro atoms. The van der Waals surface area contributed by atoms with E-state index >= 15 is 0 Å². The number of carbonyl (C=O) groups is 12. The van der Waals surface area contributed by atoms with Crippen molar-refractivity contribution in [3.05, 3.63) is 200 Å². The minimum absolute atomic E-state index is 0.0251. The number of aliphatic carboxylic acids is 2. The first-order valence-electron chi connectivity index (χ1n) is 42.5. The van der Waals surface area contributed by atoms with Gasteiger partial charge in [0.15, 0.2) is 5.78 Å². The summed E-state index contributed by atoms with van der Waals surface area (Å²) in [5.41, 5.74) is 8.07. The molecule has 5 aromatic carbocycles. The number of amides is 7. The summed E-state index contributed by atoms with van der Waals surface area (Å²) >= 11 is 2.73. The second kappa shape index (κ2) is 39.1. The van der Waals surface area contributed by atoms with E-state index in [-0.39, 0.29) is 107 Å². The average molecular weight is 1780 g/mol. The smallest absolute Gasteiger partial charge is 0.353 e. The average Bonchev–Trinajstić information content (AvgIpc) is 1.51. The first kappa shape index (κ1) is 92.7. The summed E-state index contributed by atoms with van der Waals surface area (Å²) in [6.45, 7) is 5.88. The summed E-state index contributed by atoms with van der Waals surface area (Å²) in [4.78, 5) is 167. The number of aromatic carboxylic acids is 2. The number of aliphatic hydroxyl groups is 1. The van der Waals surface area contributed by atoms with Gasteiger partial charge in [0.25, 0.3) is 11.8 Å². The van der Waals surface area contributed by atoms with Crippen LogP contribution in [0, 0.1) is 17.8 Å². The number of aliphatic hydroxyl groups excluding tert-OH is 1. The normalized spacial score (nSPS) is 18.5. The molecule has 32 heteroatoms. The summed E-state index contributed by atoms with van der Waals surface area (Å²) in [6.07, 6.45) is 2.81. The second-order valence-corrected chi connectivity index (χ2v) is 36.5. The Hall–Kier alpha value is -12.9. The number of carbonyl (C=O) groups excluding carboxylic acids is 8. The molecule has 3 saturated heterocycles. The van der Waals surface area contributed by atoms with Crippen molar-refractivity contribution in [3.63, 3.8) is 0 Å².